The lowest BCUT2D eigenvalue weighted by Crippen LogP contribution is -2.22. The summed E-state index contributed by atoms with van der Waals surface area (Å²) < 4.78 is 1.64. The maximum Gasteiger partial charge on any atom is 0.268 e. The van der Waals surface area contributed by atoms with Gasteiger partial charge in [0, 0.05) is 6.20 Å². The third-order valence-corrected chi connectivity index (χ3v) is 1.97. The number of aromatic nitrogens is 2. The Morgan fingerprint density at radius 3 is 3.08 bits per heavy atom. The van der Waals surface area contributed by atoms with E-state index in [4.69, 9.17) is 5.26 Å². The number of hydrogen-bond donors (Lipinski definition) is 0. The van der Waals surface area contributed by atoms with Crippen molar-refractivity contribution in [2.45, 2.75) is 13.0 Å². The van der Waals surface area contributed by atoms with E-state index < -0.39 is 6.04 Å². The fourth-order valence-electron chi connectivity index (χ4n) is 0.740. The van der Waals surface area contributed by atoms with Gasteiger partial charge in [0.2, 0.25) is 0 Å². The third-order valence-electron chi connectivity index (χ3n) is 1.42. The molecule has 0 aromatic carbocycles. The lowest BCUT2D eigenvalue weighted by molar-refractivity contribution is 0.628. The molecule has 0 radical (unpaired) electrons. The minimum atomic E-state index is -0.484. The Kier molecular flexibility index (Phi) is 2.61. The smallest absolute Gasteiger partial charge is 0.268 e. The summed E-state index contributed by atoms with van der Waals surface area (Å²) in [7, 11) is 0. The van der Waals surface area contributed by atoms with Crippen LogP contribution in [0.5, 0.6) is 0 Å². The van der Waals surface area contributed by atoms with Crippen LogP contribution in [0.1, 0.15) is 13.0 Å². The van der Waals surface area contributed by atoms with E-state index in [0.29, 0.717) is 4.47 Å². The molecular weight excluding hydrogens is 222 g/mol. The fourth-order valence-corrected chi connectivity index (χ4v) is 1.06. The Hall–Kier alpha value is -1.15. The fraction of sp³-hybridized carbons (Fsp3) is 0.286. The van der Waals surface area contributed by atoms with Crippen molar-refractivity contribution in [1.29, 1.82) is 5.26 Å². The second-order valence-corrected chi connectivity index (χ2v) is 3.11. The minimum absolute atomic E-state index is 0.237. The molecule has 62 valence electrons. The van der Waals surface area contributed by atoms with Crippen LogP contribution >= 0.6 is 15.9 Å². The summed E-state index contributed by atoms with van der Waals surface area (Å²) in [5, 5.41) is 8.55. The highest BCUT2D eigenvalue weighted by Gasteiger charge is 2.06. The van der Waals surface area contributed by atoms with Gasteiger partial charge in [0.15, 0.2) is 0 Å². The van der Waals surface area contributed by atoms with Gasteiger partial charge in [0.05, 0.1) is 12.4 Å². The molecule has 1 unspecified atom stereocenters. The summed E-state index contributed by atoms with van der Waals surface area (Å²) in [5.74, 6) is 0. The van der Waals surface area contributed by atoms with Crippen molar-refractivity contribution in [1.82, 2.24) is 9.55 Å². The number of hydrogen-bond acceptors (Lipinski definition) is 3. The van der Waals surface area contributed by atoms with Gasteiger partial charge < -0.3 is 0 Å². The Morgan fingerprint density at radius 1 is 1.83 bits per heavy atom. The number of rotatable bonds is 1. The van der Waals surface area contributed by atoms with E-state index in [0.717, 1.165) is 0 Å². The zero-order chi connectivity index (χ0) is 9.14. The van der Waals surface area contributed by atoms with Crippen molar-refractivity contribution >= 4 is 15.9 Å². The highest BCUT2D eigenvalue weighted by Crippen LogP contribution is 2.02. The molecule has 0 saturated heterocycles. The molecule has 0 aliphatic heterocycles. The highest BCUT2D eigenvalue weighted by atomic mass is 79.9. The van der Waals surface area contributed by atoms with Gasteiger partial charge in [0.25, 0.3) is 5.56 Å². The molecule has 0 aliphatic rings. The van der Waals surface area contributed by atoms with Crippen LogP contribution in [0.2, 0.25) is 0 Å². The van der Waals surface area contributed by atoms with Crippen molar-refractivity contribution in [2.24, 2.45) is 0 Å². The average Bonchev–Trinajstić information content (AvgIpc) is 2.08. The number of nitrogens with zero attached hydrogens (tertiary/aromatic N) is 3. The summed E-state index contributed by atoms with van der Waals surface area (Å²) >= 11 is 3.04. The summed E-state index contributed by atoms with van der Waals surface area (Å²) in [6, 6.07) is 1.47. The molecule has 1 rings (SSSR count). The SMILES string of the molecule is CC(C#N)n1cncc(Br)c1=O. The zero-order valence-electron chi connectivity index (χ0n) is 6.36. The minimum Gasteiger partial charge on any atom is -0.282 e. The van der Waals surface area contributed by atoms with Gasteiger partial charge in [-0.15, -0.1) is 0 Å². The average molecular weight is 228 g/mol. The maximum atomic E-state index is 11.3. The zero-order valence-corrected chi connectivity index (χ0v) is 7.95. The first-order chi connectivity index (χ1) is 5.66. The molecule has 0 spiro atoms. The van der Waals surface area contributed by atoms with Gasteiger partial charge >= 0.3 is 0 Å². The van der Waals surface area contributed by atoms with Gasteiger partial charge in [-0.05, 0) is 22.9 Å². The van der Waals surface area contributed by atoms with Crippen LogP contribution in [0.3, 0.4) is 0 Å². The normalized spacial score (nSPS) is 12.1. The molecule has 0 amide bonds. The number of nitriles is 1. The molecule has 1 heterocycles. The summed E-state index contributed by atoms with van der Waals surface area (Å²) in [6.45, 7) is 1.63. The van der Waals surface area contributed by atoms with Gasteiger partial charge in [-0.2, -0.15) is 5.26 Å². The van der Waals surface area contributed by atoms with E-state index in [2.05, 4.69) is 20.9 Å². The Bertz CT molecular complexity index is 379. The molecule has 0 N–H and O–H groups in total. The molecule has 1 atom stereocenters. The second-order valence-electron chi connectivity index (χ2n) is 2.26. The first kappa shape index (κ1) is 8.94. The van der Waals surface area contributed by atoms with Gasteiger partial charge in [-0.3, -0.25) is 9.36 Å². The van der Waals surface area contributed by atoms with E-state index in [1.165, 1.54) is 17.1 Å². The third kappa shape index (κ3) is 1.53. The van der Waals surface area contributed by atoms with Gasteiger partial charge in [0.1, 0.15) is 10.5 Å². The largest absolute Gasteiger partial charge is 0.282 e. The van der Waals surface area contributed by atoms with Gasteiger partial charge in [-0.25, -0.2) is 4.98 Å². The molecule has 4 nitrogen and oxygen atoms in total. The van der Waals surface area contributed by atoms with Crippen LogP contribution in [0.25, 0.3) is 0 Å². The molecule has 0 aliphatic carbocycles. The van der Waals surface area contributed by atoms with Crippen molar-refractivity contribution < 1.29 is 0 Å². The first-order valence-corrected chi connectivity index (χ1v) is 4.07. The van der Waals surface area contributed by atoms with E-state index in [1.54, 1.807) is 6.92 Å². The van der Waals surface area contributed by atoms with E-state index in [9.17, 15) is 4.79 Å². The summed E-state index contributed by atoms with van der Waals surface area (Å²) in [5.41, 5.74) is -0.237. The van der Waals surface area contributed by atoms with Crippen molar-refractivity contribution in [3.63, 3.8) is 0 Å². The van der Waals surface area contributed by atoms with Gasteiger partial charge in [-0.1, -0.05) is 0 Å². The standard InChI is InChI=1S/C7H6BrN3O/c1-5(2-9)11-4-10-3-6(8)7(11)12/h3-5H,1H3. The Morgan fingerprint density at radius 2 is 2.50 bits per heavy atom. The van der Waals surface area contributed by atoms with Crippen molar-refractivity contribution in [2.75, 3.05) is 0 Å². The maximum absolute atomic E-state index is 11.3. The predicted octanol–water partition coefficient (Wildman–Crippen LogP) is 1.09. The number of halogens is 1. The topological polar surface area (TPSA) is 58.7 Å². The molecule has 5 heteroatoms. The van der Waals surface area contributed by atoms with Crippen LogP contribution in [0, 0.1) is 11.3 Å². The van der Waals surface area contributed by atoms with Crippen LogP contribution in [-0.4, -0.2) is 9.55 Å². The highest BCUT2D eigenvalue weighted by molar-refractivity contribution is 9.10. The van der Waals surface area contributed by atoms with Crippen LogP contribution in [0.4, 0.5) is 0 Å². The van der Waals surface area contributed by atoms with E-state index >= 15 is 0 Å². The molecule has 1 aromatic heterocycles. The molecular formula is C7H6BrN3O. The van der Waals surface area contributed by atoms with E-state index in [-0.39, 0.29) is 5.56 Å². The molecule has 0 bridgehead atoms. The molecule has 12 heavy (non-hydrogen) atoms. The van der Waals surface area contributed by atoms with Crippen LogP contribution in [0.15, 0.2) is 21.8 Å². The molecule has 0 saturated carbocycles. The lowest BCUT2D eigenvalue weighted by Gasteiger charge is -2.05. The Balaban J connectivity index is 3.28. The van der Waals surface area contributed by atoms with Crippen molar-refractivity contribution in [3.8, 4) is 6.07 Å². The predicted molar refractivity (Wildman–Crippen MR) is 46.5 cm³/mol. The lowest BCUT2D eigenvalue weighted by atomic mass is 10.4. The molecule has 1 aromatic rings. The molecule has 0 fully saturated rings. The quantitative estimate of drug-likeness (QED) is 0.722. The Labute approximate surface area is 77.6 Å². The first-order valence-electron chi connectivity index (χ1n) is 3.28. The second kappa shape index (κ2) is 3.50. The summed E-state index contributed by atoms with van der Waals surface area (Å²) in [6.07, 6.45) is 2.75. The van der Waals surface area contributed by atoms with E-state index in [1.807, 2.05) is 6.07 Å². The summed E-state index contributed by atoms with van der Waals surface area (Å²) in [4.78, 5) is 15.1. The van der Waals surface area contributed by atoms with Crippen molar-refractivity contribution in [3.05, 3.63) is 27.4 Å². The monoisotopic (exact) mass is 227 g/mol. The van der Waals surface area contributed by atoms with Crippen LogP contribution in [-0.2, 0) is 0 Å². The van der Waals surface area contributed by atoms with Crippen LogP contribution < -0.4 is 5.56 Å².